The number of aliphatic carboxylic acids is 1. The number of nitrogens with zero attached hydrogens (tertiary/aromatic N) is 1. The van der Waals surface area contributed by atoms with E-state index in [-0.39, 0.29) is 24.7 Å². The molecule has 1 saturated carbocycles. The number of halogens is 2. The van der Waals surface area contributed by atoms with Crippen LogP contribution in [-0.4, -0.2) is 34.6 Å². The molecule has 0 radical (unpaired) electrons. The van der Waals surface area contributed by atoms with Gasteiger partial charge in [0.05, 0.1) is 12.1 Å². The molecule has 1 fully saturated rings. The number of carboxylic acid groups (broad SMARTS) is 1. The molecule has 0 aliphatic heterocycles. The number of hydrogen-bond acceptors (Lipinski definition) is 2. The van der Waals surface area contributed by atoms with E-state index >= 15 is 0 Å². The van der Waals surface area contributed by atoms with E-state index < -0.39 is 23.6 Å². The second-order valence-electron chi connectivity index (χ2n) is 4.62. The average Bonchev–Trinajstić information content (AvgIpc) is 3.18. The van der Waals surface area contributed by atoms with Gasteiger partial charge in [0.25, 0.3) is 0 Å². The lowest BCUT2D eigenvalue weighted by atomic mass is 10.3. The van der Waals surface area contributed by atoms with Gasteiger partial charge in [0.15, 0.2) is 0 Å². The number of hydrogen-bond donors (Lipinski definition) is 2. The monoisotopic (exact) mass is 284 g/mol. The maximum absolute atomic E-state index is 13.4. The normalized spacial score (nSPS) is 13.9. The number of anilines is 1. The molecule has 108 valence electrons. The second kappa shape index (κ2) is 5.85. The summed E-state index contributed by atoms with van der Waals surface area (Å²) in [5.41, 5.74) is -0.254. The first-order valence-corrected chi connectivity index (χ1v) is 6.22. The van der Waals surface area contributed by atoms with Crippen LogP contribution in [0.4, 0.5) is 19.3 Å². The molecule has 0 bridgehead atoms. The lowest BCUT2D eigenvalue weighted by molar-refractivity contribution is -0.137. The zero-order valence-electron chi connectivity index (χ0n) is 10.6. The number of amides is 2. The Kier molecular flexibility index (Phi) is 4.16. The third-order valence-electron chi connectivity index (χ3n) is 2.99. The molecule has 1 aliphatic carbocycles. The first-order valence-electron chi connectivity index (χ1n) is 6.22. The second-order valence-corrected chi connectivity index (χ2v) is 4.62. The molecule has 0 saturated heterocycles. The van der Waals surface area contributed by atoms with E-state index in [1.165, 1.54) is 4.90 Å². The summed E-state index contributed by atoms with van der Waals surface area (Å²) in [5.74, 6) is -2.42. The average molecular weight is 284 g/mol. The third kappa shape index (κ3) is 3.66. The van der Waals surface area contributed by atoms with Gasteiger partial charge in [0.1, 0.15) is 11.6 Å². The largest absolute Gasteiger partial charge is 0.481 e. The lowest BCUT2D eigenvalue weighted by Crippen LogP contribution is -2.38. The lowest BCUT2D eigenvalue weighted by Gasteiger charge is -2.22. The number of nitrogens with one attached hydrogen (secondary N) is 1. The Morgan fingerprint density at radius 2 is 2.05 bits per heavy atom. The van der Waals surface area contributed by atoms with Crippen molar-refractivity contribution < 1.29 is 23.5 Å². The van der Waals surface area contributed by atoms with Crippen LogP contribution in [0, 0.1) is 11.6 Å². The molecule has 2 rings (SSSR count). The summed E-state index contributed by atoms with van der Waals surface area (Å²) in [6.07, 6.45) is 1.40. The molecule has 0 unspecified atom stereocenters. The van der Waals surface area contributed by atoms with Gasteiger partial charge in [-0.25, -0.2) is 13.6 Å². The molecule has 0 spiro atoms. The fraction of sp³-hybridized carbons (Fsp3) is 0.385. The van der Waals surface area contributed by atoms with E-state index in [2.05, 4.69) is 5.32 Å². The van der Waals surface area contributed by atoms with Crippen LogP contribution in [0.25, 0.3) is 0 Å². The molecule has 0 heterocycles. The van der Waals surface area contributed by atoms with Crippen LogP contribution in [0.3, 0.4) is 0 Å². The van der Waals surface area contributed by atoms with Gasteiger partial charge in [0.2, 0.25) is 0 Å². The Morgan fingerprint density at radius 3 is 2.65 bits per heavy atom. The summed E-state index contributed by atoms with van der Waals surface area (Å²) in [6, 6.07) is 2.12. The van der Waals surface area contributed by atoms with Crippen LogP contribution in [0.5, 0.6) is 0 Å². The van der Waals surface area contributed by atoms with Crippen LogP contribution in [0.15, 0.2) is 18.2 Å². The quantitative estimate of drug-likeness (QED) is 0.872. The van der Waals surface area contributed by atoms with E-state index in [9.17, 15) is 18.4 Å². The van der Waals surface area contributed by atoms with Crippen LogP contribution >= 0.6 is 0 Å². The van der Waals surface area contributed by atoms with Crippen molar-refractivity contribution in [3.05, 3.63) is 29.8 Å². The van der Waals surface area contributed by atoms with Crippen molar-refractivity contribution in [2.24, 2.45) is 0 Å². The Labute approximate surface area is 114 Å². The van der Waals surface area contributed by atoms with E-state index in [0.29, 0.717) is 0 Å². The van der Waals surface area contributed by atoms with Crippen molar-refractivity contribution in [3.8, 4) is 0 Å². The van der Waals surface area contributed by atoms with Crippen LogP contribution < -0.4 is 5.32 Å². The minimum Gasteiger partial charge on any atom is -0.481 e. The fourth-order valence-corrected chi connectivity index (χ4v) is 1.83. The molecular weight excluding hydrogens is 270 g/mol. The minimum atomic E-state index is -1.01. The minimum absolute atomic E-state index is 0.0222. The summed E-state index contributed by atoms with van der Waals surface area (Å²) < 4.78 is 26.4. The number of carbonyl (C=O) groups is 2. The van der Waals surface area contributed by atoms with Crippen molar-refractivity contribution in [1.29, 1.82) is 0 Å². The zero-order valence-corrected chi connectivity index (χ0v) is 10.6. The van der Waals surface area contributed by atoms with Crippen LogP contribution in [0.2, 0.25) is 0 Å². The molecule has 2 N–H and O–H groups in total. The van der Waals surface area contributed by atoms with E-state index in [1.54, 1.807) is 0 Å². The smallest absolute Gasteiger partial charge is 0.322 e. The van der Waals surface area contributed by atoms with E-state index in [4.69, 9.17) is 5.11 Å². The summed E-state index contributed by atoms with van der Waals surface area (Å²) >= 11 is 0. The molecule has 20 heavy (non-hydrogen) atoms. The molecule has 7 heteroatoms. The maximum atomic E-state index is 13.4. The molecule has 1 aromatic carbocycles. The molecule has 1 aliphatic rings. The molecule has 0 atom stereocenters. The highest BCUT2D eigenvalue weighted by molar-refractivity contribution is 5.90. The Balaban J connectivity index is 2.04. The predicted octanol–water partition coefficient (Wildman–Crippen LogP) is 2.44. The van der Waals surface area contributed by atoms with Gasteiger partial charge in [-0.3, -0.25) is 4.79 Å². The molecule has 1 aromatic rings. The molecule has 2 amide bonds. The standard InChI is InChI=1S/C13H14F2N2O3/c14-8-1-4-10(15)11(7-8)16-13(20)17(9-2-3-9)6-5-12(18)19/h1,4,7,9H,2-3,5-6H2,(H,16,20)(H,18,19). The SMILES string of the molecule is O=C(O)CCN(C(=O)Nc1cc(F)ccc1F)C1CC1. The van der Waals surface area contributed by atoms with Crippen molar-refractivity contribution >= 4 is 17.7 Å². The number of rotatable bonds is 5. The van der Waals surface area contributed by atoms with Crippen molar-refractivity contribution in [3.63, 3.8) is 0 Å². The fourth-order valence-electron chi connectivity index (χ4n) is 1.83. The van der Waals surface area contributed by atoms with Crippen molar-refractivity contribution in [2.75, 3.05) is 11.9 Å². The highest BCUT2D eigenvalue weighted by atomic mass is 19.1. The van der Waals surface area contributed by atoms with Gasteiger partial charge in [-0.15, -0.1) is 0 Å². The number of urea groups is 1. The van der Waals surface area contributed by atoms with Gasteiger partial charge < -0.3 is 15.3 Å². The first-order chi connectivity index (χ1) is 9.47. The van der Waals surface area contributed by atoms with Crippen molar-refractivity contribution in [2.45, 2.75) is 25.3 Å². The van der Waals surface area contributed by atoms with E-state index in [1.807, 2.05) is 0 Å². The molecule has 0 aromatic heterocycles. The van der Waals surface area contributed by atoms with E-state index in [0.717, 1.165) is 31.0 Å². The zero-order chi connectivity index (χ0) is 14.7. The van der Waals surface area contributed by atoms with Crippen molar-refractivity contribution in [1.82, 2.24) is 4.90 Å². The van der Waals surface area contributed by atoms with Crippen LogP contribution in [-0.2, 0) is 4.79 Å². The maximum Gasteiger partial charge on any atom is 0.322 e. The Hall–Kier alpha value is -2.18. The van der Waals surface area contributed by atoms with Gasteiger partial charge in [0, 0.05) is 18.7 Å². The highest BCUT2D eigenvalue weighted by Gasteiger charge is 2.33. The van der Waals surface area contributed by atoms with Gasteiger partial charge in [-0.2, -0.15) is 0 Å². The van der Waals surface area contributed by atoms with Crippen LogP contribution in [0.1, 0.15) is 19.3 Å². The van der Waals surface area contributed by atoms with Gasteiger partial charge in [-0.05, 0) is 25.0 Å². The third-order valence-corrected chi connectivity index (χ3v) is 2.99. The summed E-state index contributed by atoms with van der Waals surface area (Å²) in [4.78, 5) is 23.9. The number of benzene rings is 1. The predicted molar refractivity (Wildman–Crippen MR) is 67.4 cm³/mol. The highest BCUT2D eigenvalue weighted by Crippen LogP contribution is 2.28. The topological polar surface area (TPSA) is 69.6 Å². The Morgan fingerprint density at radius 1 is 1.35 bits per heavy atom. The molecular formula is C13H14F2N2O3. The van der Waals surface area contributed by atoms with Gasteiger partial charge in [-0.1, -0.05) is 0 Å². The van der Waals surface area contributed by atoms with Gasteiger partial charge >= 0.3 is 12.0 Å². The number of carboxylic acids is 1. The number of carbonyl (C=O) groups excluding carboxylic acids is 1. The summed E-state index contributed by atoms with van der Waals surface area (Å²) in [7, 11) is 0. The Bertz CT molecular complexity index is 532. The summed E-state index contributed by atoms with van der Waals surface area (Å²) in [5, 5.41) is 10.9. The first kappa shape index (κ1) is 14.2. The summed E-state index contributed by atoms with van der Waals surface area (Å²) in [6.45, 7) is 0.0444. The molecule has 5 nitrogen and oxygen atoms in total.